The second-order valence-electron chi connectivity index (χ2n) is 3.17. The monoisotopic (exact) mass is 278 g/mol. The Hall–Kier alpha value is -0.370. The Bertz CT molecular complexity index is 302. The van der Waals surface area contributed by atoms with E-state index in [4.69, 9.17) is 43.1 Å². The summed E-state index contributed by atoms with van der Waals surface area (Å²) < 4.78 is 36.2. The van der Waals surface area contributed by atoms with Crippen molar-refractivity contribution in [2.75, 3.05) is 6.61 Å². The number of aliphatic hydroxyl groups excluding tert-OH is 5. The highest BCUT2D eigenvalue weighted by atomic mass is 32.3. The number of hydrogen-bond acceptors (Lipinski definition) is 8. The van der Waals surface area contributed by atoms with Crippen LogP contribution in [0.3, 0.4) is 0 Å². The van der Waals surface area contributed by atoms with E-state index in [2.05, 4.69) is 4.74 Å². The van der Waals surface area contributed by atoms with E-state index < -0.39 is 47.7 Å². The molecule has 0 aromatic rings. The molecule has 10 nitrogen and oxygen atoms in total. The first kappa shape index (κ1) is 16.6. The van der Waals surface area contributed by atoms with E-state index in [1.54, 1.807) is 0 Å². The molecule has 0 amide bonds. The van der Waals surface area contributed by atoms with E-state index >= 15 is 0 Å². The van der Waals surface area contributed by atoms with Gasteiger partial charge in [-0.3, -0.25) is 9.11 Å². The van der Waals surface area contributed by atoms with Crippen molar-refractivity contribution in [2.24, 2.45) is 0 Å². The molecular weight excluding hydrogens is 264 g/mol. The molecule has 5 atom stereocenters. The van der Waals surface area contributed by atoms with Crippen molar-refractivity contribution < 1.29 is 47.8 Å². The molecule has 1 fully saturated rings. The third-order valence-electron chi connectivity index (χ3n) is 1.87. The average Bonchev–Trinajstić information content (AvgIpc) is 2.18. The zero-order chi connectivity index (χ0) is 13.8. The van der Waals surface area contributed by atoms with Gasteiger partial charge in [0.25, 0.3) is 0 Å². The van der Waals surface area contributed by atoms with Gasteiger partial charge in [-0.1, -0.05) is 0 Å². The Morgan fingerprint density at radius 2 is 1.35 bits per heavy atom. The van der Waals surface area contributed by atoms with Gasteiger partial charge < -0.3 is 30.3 Å². The van der Waals surface area contributed by atoms with Gasteiger partial charge >= 0.3 is 10.4 Å². The van der Waals surface area contributed by atoms with E-state index in [1.807, 2.05) is 0 Å². The number of hydrogen-bond donors (Lipinski definition) is 7. The predicted octanol–water partition coefficient (Wildman–Crippen LogP) is -3.87. The molecule has 17 heavy (non-hydrogen) atoms. The fourth-order valence-corrected chi connectivity index (χ4v) is 1.08. The van der Waals surface area contributed by atoms with Crippen LogP contribution in [-0.2, 0) is 15.1 Å². The van der Waals surface area contributed by atoms with E-state index in [0.717, 1.165) is 0 Å². The average molecular weight is 278 g/mol. The lowest BCUT2D eigenvalue weighted by atomic mass is 10.00. The molecule has 0 radical (unpaired) electrons. The van der Waals surface area contributed by atoms with Gasteiger partial charge in [0.15, 0.2) is 6.29 Å². The van der Waals surface area contributed by atoms with Crippen molar-refractivity contribution in [1.82, 2.24) is 0 Å². The summed E-state index contributed by atoms with van der Waals surface area (Å²) in [7, 11) is -4.67. The Morgan fingerprint density at radius 1 is 0.941 bits per heavy atom. The van der Waals surface area contributed by atoms with Crippen molar-refractivity contribution in [2.45, 2.75) is 30.7 Å². The van der Waals surface area contributed by atoms with Gasteiger partial charge in [0, 0.05) is 0 Å². The van der Waals surface area contributed by atoms with Crippen LogP contribution in [0.25, 0.3) is 0 Å². The second kappa shape index (κ2) is 6.53. The Balaban J connectivity index is 0.000000437. The molecule has 1 aliphatic rings. The summed E-state index contributed by atoms with van der Waals surface area (Å²) in [5, 5.41) is 44.7. The van der Waals surface area contributed by atoms with Gasteiger partial charge in [-0.15, -0.1) is 0 Å². The van der Waals surface area contributed by atoms with Crippen molar-refractivity contribution in [1.29, 1.82) is 0 Å². The highest BCUT2D eigenvalue weighted by Crippen LogP contribution is 2.18. The summed E-state index contributed by atoms with van der Waals surface area (Å²) in [6.45, 7) is -0.526. The second-order valence-corrected chi connectivity index (χ2v) is 4.06. The van der Waals surface area contributed by atoms with Crippen LogP contribution < -0.4 is 0 Å². The van der Waals surface area contributed by atoms with Crippen LogP contribution in [0.5, 0.6) is 0 Å². The fourth-order valence-electron chi connectivity index (χ4n) is 1.08. The molecule has 7 N–H and O–H groups in total. The normalized spacial score (nSPS) is 38.2. The lowest BCUT2D eigenvalue weighted by Crippen LogP contribution is -2.58. The van der Waals surface area contributed by atoms with Crippen molar-refractivity contribution in [3.8, 4) is 0 Å². The van der Waals surface area contributed by atoms with Crippen LogP contribution in [-0.4, -0.2) is 80.4 Å². The molecule has 104 valence electrons. The van der Waals surface area contributed by atoms with Crippen LogP contribution in [0.2, 0.25) is 0 Å². The topological polar surface area (TPSA) is 185 Å². The van der Waals surface area contributed by atoms with Gasteiger partial charge in [-0.2, -0.15) is 8.42 Å². The molecule has 0 aromatic carbocycles. The molecule has 0 bridgehead atoms. The Labute approximate surface area is 96.3 Å². The molecule has 11 heteroatoms. The Morgan fingerprint density at radius 3 is 1.71 bits per heavy atom. The fraction of sp³-hybridized carbons (Fsp3) is 1.00. The summed E-state index contributed by atoms with van der Waals surface area (Å²) in [5.41, 5.74) is 0. The SMILES string of the molecule is O=S(=O)(O)O.OCC1O[C@H](O)[C@@H](O)[C@@H](O)C1O. The maximum Gasteiger partial charge on any atom is 0.394 e. The maximum absolute atomic E-state index is 9.12. The standard InChI is InChI=1S/C6H12O6.H2O4S/c7-1-2-3(8)4(9)5(10)6(11)12-2;1-5(2,3)4/h2-11H,1H2;(H2,1,2,3,4)/t2?,3?,4-,5-,6-;/m0./s1. The smallest absolute Gasteiger partial charge is 0.394 e. The van der Waals surface area contributed by atoms with E-state index in [-0.39, 0.29) is 0 Å². The number of rotatable bonds is 1. The molecule has 1 heterocycles. The number of aliphatic hydroxyl groups is 5. The largest absolute Gasteiger partial charge is 0.394 e. The van der Waals surface area contributed by atoms with Crippen LogP contribution in [0.15, 0.2) is 0 Å². The van der Waals surface area contributed by atoms with Crippen LogP contribution in [0.4, 0.5) is 0 Å². The summed E-state index contributed by atoms with van der Waals surface area (Å²) >= 11 is 0. The molecule has 1 aliphatic heterocycles. The summed E-state index contributed by atoms with van der Waals surface area (Å²) in [6, 6.07) is 0. The minimum Gasteiger partial charge on any atom is -0.394 e. The van der Waals surface area contributed by atoms with Gasteiger partial charge in [-0.05, 0) is 0 Å². The minimum absolute atomic E-state index is 0.526. The van der Waals surface area contributed by atoms with Crippen molar-refractivity contribution in [3.05, 3.63) is 0 Å². The summed E-state index contributed by atoms with van der Waals surface area (Å²) in [4.78, 5) is 0. The van der Waals surface area contributed by atoms with Crippen molar-refractivity contribution in [3.63, 3.8) is 0 Å². The molecular formula is C6H14O10S. The molecule has 2 unspecified atom stereocenters. The van der Waals surface area contributed by atoms with E-state index in [1.165, 1.54) is 0 Å². The first-order valence-electron chi connectivity index (χ1n) is 4.26. The minimum atomic E-state index is -4.67. The number of ether oxygens (including phenoxy) is 1. The molecule has 0 aliphatic carbocycles. The lowest BCUT2D eigenvalue weighted by molar-refractivity contribution is -0.286. The molecule has 0 saturated carbocycles. The van der Waals surface area contributed by atoms with Crippen LogP contribution in [0.1, 0.15) is 0 Å². The zero-order valence-electron chi connectivity index (χ0n) is 8.36. The van der Waals surface area contributed by atoms with Crippen molar-refractivity contribution >= 4 is 10.4 Å². The third-order valence-corrected chi connectivity index (χ3v) is 1.87. The summed E-state index contributed by atoms with van der Waals surface area (Å²) in [6.07, 6.45) is -7.04. The molecule has 1 rings (SSSR count). The van der Waals surface area contributed by atoms with Gasteiger partial charge in [0.05, 0.1) is 6.61 Å². The maximum atomic E-state index is 9.12. The molecule has 1 saturated heterocycles. The van der Waals surface area contributed by atoms with E-state index in [9.17, 15) is 0 Å². The zero-order valence-corrected chi connectivity index (χ0v) is 9.17. The summed E-state index contributed by atoms with van der Waals surface area (Å²) in [5.74, 6) is 0. The first-order chi connectivity index (χ1) is 7.57. The van der Waals surface area contributed by atoms with E-state index in [0.29, 0.717) is 0 Å². The predicted molar refractivity (Wildman–Crippen MR) is 50.2 cm³/mol. The third kappa shape index (κ3) is 6.21. The van der Waals surface area contributed by atoms with Crippen LogP contribution in [0, 0.1) is 0 Å². The molecule has 0 spiro atoms. The quantitative estimate of drug-likeness (QED) is 0.234. The van der Waals surface area contributed by atoms with Gasteiger partial charge in [0.1, 0.15) is 24.4 Å². The van der Waals surface area contributed by atoms with Gasteiger partial charge in [-0.25, -0.2) is 0 Å². The van der Waals surface area contributed by atoms with Gasteiger partial charge in [0.2, 0.25) is 0 Å². The lowest BCUT2D eigenvalue weighted by Gasteiger charge is -2.37. The highest BCUT2D eigenvalue weighted by molar-refractivity contribution is 7.79. The molecule has 0 aromatic heterocycles. The first-order valence-corrected chi connectivity index (χ1v) is 5.66. The van der Waals surface area contributed by atoms with Crippen LogP contribution >= 0.6 is 0 Å². The Kier molecular flexibility index (Phi) is 6.39. The highest BCUT2D eigenvalue weighted by Gasteiger charge is 2.42.